The maximum absolute atomic E-state index is 13.9. The molecule has 0 atom stereocenters. The van der Waals surface area contributed by atoms with Crippen LogP contribution >= 0.6 is 0 Å². The van der Waals surface area contributed by atoms with Gasteiger partial charge in [0.15, 0.2) is 48.0 Å². The molecule has 45 heavy (non-hydrogen) atoms. The van der Waals surface area contributed by atoms with Crippen molar-refractivity contribution in [2.24, 2.45) is 0 Å². The summed E-state index contributed by atoms with van der Waals surface area (Å²) in [4.78, 5) is 0. The van der Waals surface area contributed by atoms with Crippen LogP contribution in [0.2, 0.25) is 0 Å². The number of ether oxygens (including phenoxy) is 4. The van der Waals surface area contributed by atoms with E-state index in [4.69, 9.17) is 0 Å². The molecule has 0 heterocycles. The third kappa shape index (κ3) is 7.20. The molecule has 22 heteroatoms. The average Bonchev–Trinajstić information content (AvgIpc) is 2.90. The monoisotopic (exact) mass is 692 g/mol. The first kappa shape index (κ1) is 37.4. The van der Waals surface area contributed by atoms with E-state index in [1.54, 1.807) is 0 Å². The van der Waals surface area contributed by atoms with E-state index in [2.05, 4.69) is 27.4 Å². The lowest BCUT2D eigenvalue weighted by atomic mass is 10.1. The van der Waals surface area contributed by atoms with Gasteiger partial charge in [-0.2, -0.15) is 52.7 Å². The summed E-state index contributed by atoms with van der Waals surface area (Å²) in [6, 6.07) is 0. The largest absolute Gasteiger partial charge is 0.495 e. The Labute approximate surface area is 237 Å². The standard InChI is InChI=1S/C23H10F18O4/c1-3-7-9(24)13(28)17(14(29)10(7)25)42-5-19(32,33)21(36,37)22(38,39)45-23(40,41)44-20(34,35)6-43-18-15(30)11(26)8(4-2)12(27)16(18)31/h3-4H,1-2,5-6H2. The van der Waals surface area contributed by atoms with Crippen LogP contribution in [0.25, 0.3) is 12.2 Å². The second kappa shape index (κ2) is 12.5. The van der Waals surface area contributed by atoms with Gasteiger partial charge in [-0.25, -0.2) is 27.0 Å². The van der Waals surface area contributed by atoms with E-state index in [1.165, 1.54) is 0 Å². The summed E-state index contributed by atoms with van der Waals surface area (Å²) in [6.45, 7) is -0.787. The molecule has 0 aromatic heterocycles. The molecule has 0 N–H and O–H groups in total. The molecule has 2 aromatic carbocycles. The Bertz CT molecular complexity index is 1410. The van der Waals surface area contributed by atoms with Gasteiger partial charge in [-0.1, -0.05) is 25.3 Å². The molecule has 0 bridgehead atoms. The first-order valence-electron chi connectivity index (χ1n) is 10.8. The summed E-state index contributed by atoms with van der Waals surface area (Å²) in [5, 5.41) is 0. The van der Waals surface area contributed by atoms with Gasteiger partial charge in [-0.15, -0.1) is 8.78 Å². The summed E-state index contributed by atoms with van der Waals surface area (Å²) >= 11 is 0. The van der Waals surface area contributed by atoms with Gasteiger partial charge in [-0.3, -0.25) is 0 Å². The topological polar surface area (TPSA) is 36.9 Å². The van der Waals surface area contributed by atoms with Crippen molar-refractivity contribution in [3.05, 3.63) is 70.8 Å². The molecule has 0 aliphatic carbocycles. The van der Waals surface area contributed by atoms with Crippen molar-refractivity contribution in [2.45, 2.75) is 30.4 Å². The molecule has 0 saturated carbocycles. The quantitative estimate of drug-likeness (QED) is 0.113. The van der Waals surface area contributed by atoms with Crippen molar-refractivity contribution in [2.75, 3.05) is 13.2 Å². The summed E-state index contributed by atoms with van der Waals surface area (Å²) in [6.07, 6.45) is -19.5. The maximum atomic E-state index is 13.9. The lowest BCUT2D eigenvalue weighted by Crippen LogP contribution is -2.60. The van der Waals surface area contributed by atoms with Gasteiger partial charge in [0.1, 0.15) is 0 Å². The second-order valence-corrected chi connectivity index (χ2v) is 8.08. The van der Waals surface area contributed by atoms with Gasteiger partial charge in [0.2, 0.25) is 23.3 Å². The third-order valence-corrected chi connectivity index (χ3v) is 5.04. The van der Waals surface area contributed by atoms with Crippen LogP contribution in [0.4, 0.5) is 79.0 Å². The van der Waals surface area contributed by atoms with E-state index in [-0.39, 0.29) is 12.2 Å². The molecule has 0 fully saturated rings. The Kier molecular flexibility index (Phi) is 10.4. The van der Waals surface area contributed by atoms with Crippen LogP contribution in [0, 0.1) is 46.5 Å². The zero-order valence-corrected chi connectivity index (χ0v) is 20.9. The van der Waals surface area contributed by atoms with Crippen molar-refractivity contribution in [1.82, 2.24) is 0 Å². The molecule has 4 nitrogen and oxygen atoms in total. The SMILES string of the molecule is C=Cc1c(F)c(F)c(OCC(F)(F)OC(F)(F)OC(F)(F)C(F)(F)C(F)(F)COc2c(F)c(F)c(C=C)c(F)c2F)c(F)c1F. The Hall–Kier alpha value is -3.82. The van der Waals surface area contributed by atoms with Gasteiger partial charge in [0.05, 0.1) is 11.1 Å². The smallest absolute Gasteiger partial charge is 0.481 e. The molecule has 252 valence electrons. The van der Waals surface area contributed by atoms with Crippen molar-refractivity contribution < 1.29 is 98.0 Å². The predicted molar refractivity (Wildman–Crippen MR) is 111 cm³/mol. The van der Waals surface area contributed by atoms with Gasteiger partial charge >= 0.3 is 30.4 Å². The lowest BCUT2D eigenvalue weighted by molar-refractivity contribution is -0.542. The van der Waals surface area contributed by atoms with E-state index in [0.717, 1.165) is 0 Å². The molecule has 0 aliphatic heterocycles. The molecular formula is C23H10F18O4. The number of rotatable bonds is 14. The van der Waals surface area contributed by atoms with E-state index in [0.29, 0.717) is 0 Å². The van der Waals surface area contributed by atoms with Crippen LogP contribution in [0.3, 0.4) is 0 Å². The van der Waals surface area contributed by atoms with Crippen molar-refractivity contribution >= 4 is 12.2 Å². The Morgan fingerprint density at radius 2 is 0.822 bits per heavy atom. The summed E-state index contributed by atoms with van der Waals surface area (Å²) in [7, 11) is 0. The van der Waals surface area contributed by atoms with Crippen LogP contribution < -0.4 is 9.47 Å². The normalized spacial score (nSPS) is 13.2. The molecule has 0 amide bonds. The first-order chi connectivity index (χ1) is 20.3. The fraction of sp³-hybridized carbons (Fsp3) is 0.304. The Balaban J connectivity index is 2.24. The summed E-state index contributed by atoms with van der Waals surface area (Å²) < 4.78 is 259. The van der Waals surface area contributed by atoms with Gasteiger partial charge < -0.3 is 9.47 Å². The molecule has 0 radical (unpaired) electrons. The highest BCUT2D eigenvalue weighted by Crippen LogP contribution is 2.49. The minimum Gasteiger partial charge on any atom is -0.481 e. The van der Waals surface area contributed by atoms with Crippen LogP contribution in [-0.2, 0) is 9.47 Å². The number of halogens is 18. The zero-order valence-electron chi connectivity index (χ0n) is 20.9. The second-order valence-electron chi connectivity index (χ2n) is 8.08. The molecular weight excluding hydrogens is 682 g/mol. The van der Waals surface area contributed by atoms with E-state index >= 15 is 0 Å². The molecule has 0 aliphatic rings. The highest BCUT2D eigenvalue weighted by molar-refractivity contribution is 5.52. The number of hydrogen-bond acceptors (Lipinski definition) is 4. The van der Waals surface area contributed by atoms with Crippen LogP contribution in [0.15, 0.2) is 13.2 Å². The maximum Gasteiger partial charge on any atom is 0.495 e. The highest BCUT2D eigenvalue weighted by Gasteiger charge is 2.76. The molecule has 0 spiro atoms. The zero-order chi connectivity index (χ0) is 35.1. The van der Waals surface area contributed by atoms with Crippen LogP contribution in [0.1, 0.15) is 11.1 Å². The fourth-order valence-corrected chi connectivity index (χ4v) is 2.93. The average molecular weight is 692 g/mol. The van der Waals surface area contributed by atoms with E-state index in [9.17, 15) is 79.0 Å². The van der Waals surface area contributed by atoms with Crippen LogP contribution in [0.5, 0.6) is 11.5 Å². The Morgan fingerprint density at radius 3 is 1.16 bits per heavy atom. The molecule has 0 saturated heterocycles. The summed E-state index contributed by atoms with van der Waals surface area (Å²) in [5.74, 6) is -38.6. The van der Waals surface area contributed by atoms with Crippen LogP contribution in [-0.4, -0.2) is 43.6 Å². The van der Waals surface area contributed by atoms with Gasteiger partial charge in [0.25, 0.3) is 0 Å². The van der Waals surface area contributed by atoms with Crippen molar-refractivity contribution in [1.29, 1.82) is 0 Å². The van der Waals surface area contributed by atoms with Gasteiger partial charge in [-0.05, 0) is 0 Å². The van der Waals surface area contributed by atoms with Crippen molar-refractivity contribution in [3.63, 3.8) is 0 Å². The molecule has 0 unspecified atom stereocenters. The van der Waals surface area contributed by atoms with Gasteiger partial charge in [0, 0.05) is 0 Å². The molecule has 2 rings (SSSR count). The predicted octanol–water partition coefficient (Wildman–Crippen LogP) is 8.58. The summed E-state index contributed by atoms with van der Waals surface area (Å²) in [5.41, 5.74) is -3.05. The first-order valence-corrected chi connectivity index (χ1v) is 10.8. The number of alkyl halides is 10. The minimum atomic E-state index is -7.31. The molecule has 2 aromatic rings. The lowest BCUT2D eigenvalue weighted by Gasteiger charge is -2.34. The van der Waals surface area contributed by atoms with E-state index < -0.39 is 113 Å². The highest BCUT2D eigenvalue weighted by atomic mass is 19.4. The minimum absolute atomic E-state index is 0.162. The van der Waals surface area contributed by atoms with E-state index in [1.807, 2.05) is 4.74 Å². The third-order valence-electron chi connectivity index (χ3n) is 5.04. The number of hydrogen-bond donors (Lipinski definition) is 0. The fourth-order valence-electron chi connectivity index (χ4n) is 2.93. The Morgan fingerprint density at radius 1 is 0.489 bits per heavy atom. The number of benzene rings is 2. The van der Waals surface area contributed by atoms with Crippen molar-refractivity contribution in [3.8, 4) is 11.5 Å².